The maximum atomic E-state index is 9.42. The number of aryl methyl sites for hydroxylation is 1. The van der Waals surface area contributed by atoms with E-state index in [1.54, 1.807) is 0 Å². The van der Waals surface area contributed by atoms with Gasteiger partial charge in [-0.15, -0.1) is 0 Å². The molecule has 1 atom stereocenters. The summed E-state index contributed by atoms with van der Waals surface area (Å²) in [6, 6.07) is 6.12. The van der Waals surface area contributed by atoms with Crippen LogP contribution in [0.25, 0.3) is 6.08 Å². The van der Waals surface area contributed by atoms with E-state index in [2.05, 4.69) is 6.07 Å². The highest BCUT2D eigenvalue weighted by molar-refractivity contribution is 5.61. The van der Waals surface area contributed by atoms with Crippen molar-refractivity contribution in [3.63, 3.8) is 0 Å². The minimum Gasteiger partial charge on any atom is -0.384 e. The van der Waals surface area contributed by atoms with Crippen LogP contribution in [0.1, 0.15) is 22.8 Å². The minimum absolute atomic E-state index is 0.384. The predicted molar refractivity (Wildman–Crippen MR) is 45.2 cm³/mol. The first-order valence-corrected chi connectivity index (χ1v) is 3.74. The van der Waals surface area contributed by atoms with Gasteiger partial charge in [0.2, 0.25) is 0 Å². The molecule has 0 saturated heterocycles. The zero-order valence-electron chi connectivity index (χ0n) is 6.41. The van der Waals surface area contributed by atoms with Crippen molar-refractivity contribution in [2.24, 2.45) is 0 Å². The Morgan fingerprint density at radius 2 is 2.18 bits per heavy atom. The summed E-state index contributed by atoms with van der Waals surface area (Å²) in [7, 11) is 0. The van der Waals surface area contributed by atoms with Gasteiger partial charge in [0.25, 0.3) is 0 Å². The molecule has 0 radical (unpaired) electrons. The molecule has 1 aliphatic rings. The van der Waals surface area contributed by atoms with Gasteiger partial charge >= 0.3 is 0 Å². The molecule has 0 amide bonds. The first-order chi connectivity index (χ1) is 5.27. The number of benzene rings is 1. The standard InChI is InChI=1S/C10H10O/c1-7-2-3-8-4-5-10(11)9(8)6-7/h2-6,10-11H,1H3. The summed E-state index contributed by atoms with van der Waals surface area (Å²) in [5.41, 5.74) is 3.37. The van der Waals surface area contributed by atoms with E-state index >= 15 is 0 Å². The van der Waals surface area contributed by atoms with Crippen molar-refractivity contribution in [1.29, 1.82) is 0 Å². The fraction of sp³-hybridized carbons (Fsp3) is 0.200. The summed E-state index contributed by atoms with van der Waals surface area (Å²) < 4.78 is 0. The van der Waals surface area contributed by atoms with Gasteiger partial charge in [-0.1, -0.05) is 35.9 Å². The minimum atomic E-state index is -0.384. The molecule has 0 heterocycles. The molecule has 11 heavy (non-hydrogen) atoms. The molecule has 0 aliphatic heterocycles. The van der Waals surface area contributed by atoms with Crippen LogP contribution in [0.4, 0.5) is 0 Å². The van der Waals surface area contributed by atoms with E-state index in [-0.39, 0.29) is 6.10 Å². The zero-order valence-corrected chi connectivity index (χ0v) is 6.41. The molecule has 1 aliphatic carbocycles. The van der Waals surface area contributed by atoms with Crippen LogP contribution in [-0.2, 0) is 0 Å². The van der Waals surface area contributed by atoms with Gasteiger partial charge < -0.3 is 5.11 Å². The first-order valence-electron chi connectivity index (χ1n) is 3.74. The fourth-order valence-corrected chi connectivity index (χ4v) is 1.40. The van der Waals surface area contributed by atoms with Gasteiger partial charge in [-0.25, -0.2) is 0 Å². The lowest BCUT2D eigenvalue weighted by atomic mass is 10.1. The summed E-state index contributed by atoms with van der Waals surface area (Å²) in [4.78, 5) is 0. The molecule has 0 bridgehead atoms. The lowest BCUT2D eigenvalue weighted by Gasteiger charge is -2.03. The lowest BCUT2D eigenvalue weighted by molar-refractivity contribution is 0.232. The van der Waals surface area contributed by atoms with E-state index in [0.29, 0.717) is 0 Å². The molecular formula is C10H10O. The SMILES string of the molecule is Cc1ccc2c(c1)C(O)C=C2. The molecule has 0 saturated carbocycles. The molecule has 0 spiro atoms. The smallest absolute Gasteiger partial charge is 0.0980 e. The second kappa shape index (κ2) is 2.21. The fourth-order valence-electron chi connectivity index (χ4n) is 1.40. The van der Waals surface area contributed by atoms with E-state index in [1.807, 2.05) is 31.2 Å². The Hall–Kier alpha value is -1.08. The molecule has 2 rings (SSSR count). The number of hydrogen-bond donors (Lipinski definition) is 1. The van der Waals surface area contributed by atoms with Gasteiger partial charge in [0, 0.05) is 0 Å². The van der Waals surface area contributed by atoms with Gasteiger partial charge in [0.05, 0.1) is 6.10 Å². The van der Waals surface area contributed by atoms with E-state index in [0.717, 1.165) is 11.1 Å². The monoisotopic (exact) mass is 146 g/mol. The van der Waals surface area contributed by atoms with Gasteiger partial charge in [-0.3, -0.25) is 0 Å². The van der Waals surface area contributed by atoms with Crippen molar-refractivity contribution in [2.45, 2.75) is 13.0 Å². The maximum absolute atomic E-state index is 9.42. The highest BCUT2D eigenvalue weighted by atomic mass is 16.3. The van der Waals surface area contributed by atoms with Gasteiger partial charge in [0.15, 0.2) is 0 Å². The second-order valence-corrected chi connectivity index (χ2v) is 2.94. The van der Waals surface area contributed by atoms with E-state index in [9.17, 15) is 5.11 Å². The highest BCUT2D eigenvalue weighted by Gasteiger charge is 2.13. The molecule has 56 valence electrons. The Morgan fingerprint density at radius 1 is 1.36 bits per heavy atom. The zero-order chi connectivity index (χ0) is 7.84. The average molecular weight is 146 g/mol. The maximum Gasteiger partial charge on any atom is 0.0980 e. The predicted octanol–water partition coefficient (Wildman–Crippen LogP) is 2.06. The van der Waals surface area contributed by atoms with Crippen LogP contribution >= 0.6 is 0 Å². The van der Waals surface area contributed by atoms with Gasteiger partial charge in [-0.05, 0) is 18.1 Å². The average Bonchev–Trinajstić information content (AvgIpc) is 2.33. The largest absolute Gasteiger partial charge is 0.384 e. The Bertz CT molecular complexity index is 313. The molecular weight excluding hydrogens is 136 g/mol. The Labute approximate surface area is 66.0 Å². The molecule has 1 heteroatoms. The Kier molecular flexibility index (Phi) is 1.33. The van der Waals surface area contributed by atoms with Gasteiger partial charge in [0.1, 0.15) is 0 Å². The van der Waals surface area contributed by atoms with Crippen LogP contribution in [-0.4, -0.2) is 5.11 Å². The molecule has 1 unspecified atom stereocenters. The normalized spacial score (nSPS) is 20.4. The molecule has 1 aromatic carbocycles. The van der Waals surface area contributed by atoms with E-state index in [4.69, 9.17) is 0 Å². The summed E-state index contributed by atoms with van der Waals surface area (Å²) in [6.07, 6.45) is 3.38. The summed E-state index contributed by atoms with van der Waals surface area (Å²) in [5, 5.41) is 9.42. The van der Waals surface area contributed by atoms with Crippen molar-refractivity contribution in [3.8, 4) is 0 Å². The van der Waals surface area contributed by atoms with E-state index < -0.39 is 0 Å². The quantitative estimate of drug-likeness (QED) is 0.594. The number of aliphatic hydroxyl groups is 1. The van der Waals surface area contributed by atoms with Crippen molar-refractivity contribution >= 4 is 6.08 Å². The van der Waals surface area contributed by atoms with Crippen molar-refractivity contribution in [1.82, 2.24) is 0 Å². The summed E-state index contributed by atoms with van der Waals surface area (Å²) in [5.74, 6) is 0. The molecule has 1 aromatic rings. The summed E-state index contributed by atoms with van der Waals surface area (Å²) in [6.45, 7) is 2.03. The van der Waals surface area contributed by atoms with Crippen LogP contribution in [0.15, 0.2) is 24.3 Å². The van der Waals surface area contributed by atoms with Gasteiger partial charge in [-0.2, -0.15) is 0 Å². The van der Waals surface area contributed by atoms with Crippen LogP contribution in [0.5, 0.6) is 0 Å². The van der Waals surface area contributed by atoms with Crippen molar-refractivity contribution < 1.29 is 5.11 Å². The van der Waals surface area contributed by atoms with Crippen LogP contribution in [0.3, 0.4) is 0 Å². The number of hydrogen-bond acceptors (Lipinski definition) is 1. The lowest BCUT2D eigenvalue weighted by Crippen LogP contribution is -1.90. The third kappa shape index (κ3) is 0.976. The van der Waals surface area contributed by atoms with Crippen molar-refractivity contribution in [3.05, 3.63) is 41.0 Å². The number of rotatable bonds is 0. The number of fused-ring (bicyclic) bond motifs is 1. The Morgan fingerprint density at radius 3 is 3.00 bits per heavy atom. The Balaban J connectivity index is 2.58. The number of aliphatic hydroxyl groups excluding tert-OH is 1. The molecule has 0 fully saturated rings. The highest BCUT2D eigenvalue weighted by Crippen LogP contribution is 2.28. The molecule has 0 aromatic heterocycles. The molecule has 1 nitrogen and oxygen atoms in total. The van der Waals surface area contributed by atoms with Crippen LogP contribution < -0.4 is 0 Å². The van der Waals surface area contributed by atoms with Crippen LogP contribution in [0.2, 0.25) is 0 Å². The van der Waals surface area contributed by atoms with Crippen molar-refractivity contribution in [2.75, 3.05) is 0 Å². The third-order valence-corrected chi connectivity index (χ3v) is 2.02. The molecule has 1 N–H and O–H groups in total. The topological polar surface area (TPSA) is 20.2 Å². The first kappa shape index (κ1) is 6.62. The third-order valence-electron chi connectivity index (χ3n) is 2.02. The second-order valence-electron chi connectivity index (χ2n) is 2.94. The van der Waals surface area contributed by atoms with Crippen LogP contribution in [0, 0.1) is 6.92 Å². The summed E-state index contributed by atoms with van der Waals surface area (Å²) >= 11 is 0. The van der Waals surface area contributed by atoms with E-state index in [1.165, 1.54) is 5.56 Å².